The van der Waals surface area contributed by atoms with Gasteiger partial charge in [0.05, 0.1) is 5.56 Å². The van der Waals surface area contributed by atoms with Gasteiger partial charge in [0.25, 0.3) is 0 Å². The number of ether oxygens (including phenoxy) is 1. The number of methoxy groups -OCH3 is 1. The van der Waals surface area contributed by atoms with E-state index in [1.807, 2.05) is 19.1 Å². The molecule has 1 rings (SSSR count). The van der Waals surface area contributed by atoms with Crippen molar-refractivity contribution >= 4 is 5.97 Å². The second-order valence-electron chi connectivity index (χ2n) is 3.28. The quantitative estimate of drug-likeness (QED) is 0.437. The minimum absolute atomic E-state index is 0.499. The Morgan fingerprint density at radius 1 is 1.38 bits per heavy atom. The SMILES string of the molecule is CCc1ccccc1C(=O)OOC(C)OC. The van der Waals surface area contributed by atoms with Crippen LogP contribution in [-0.4, -0.2) is 19.4 Å². The minimum Gasteiger partial charge on any atom is -0.352 e. The average molecular weight is 224 g/mol. The van der Waals surface area contributed by atoms with Crippen molar-refractivity contribution in [2.45, 2.75) is 26.6 Å². The highest BCUT2D eigenvalue weighted by Crippen LogP contribution is 2.11. The van der Waals surface area contributed by atoms with E-state index in [0.717, 1.165) is 12.0 Å². The fourth-order valence-electron chi connectivity index (χ4n) is 1.22. The highest BCUT2D eigenvalue weighted by Gasteiger charge is 2.13. The molecule has 0 aromatic heterocycles. The van der Waals surface area contributed by atoms with Gasteiger partial charge >= 0.3 is 5.97 Å². The molecule has 4 heteroatoms. The van der Waals surface area contributed by atoms with Crippen LogP contribution in [-0.2, 0) is 20.9 Å². The fourth-order valence-corrected chi connectivity index (χ4v) is 1.22. The third-order valence-corrected chi connectivity index (χ3v) is 2.21. The standard InChI is InChI=1S/C12H16O4/c1-4-10-7-5-6-8-11(10)12(13)16-15-9(2)14-3/h5-9H,4H2,1-3H3. The zero-order valence-corrected chi connectivity index (χ0v) is 9.73. The predicted molar refractivity (Wildman–Crippen MR) is 58.8 cm³/mol. The Kier molecular flexibility index (Phi) is 4.95. The third kappa shape index (κ3) is 3.32. The van der Waals surface area contributed by atoms with Gasteiger partial charge in [-0.2, -0.15) is 4.89 Å². The monoisotopic (exact) mass is 224 g/mol. The average Bonchev–Trinajstić information content (AvgIpc) is 2.35. The van der Waals surface area contributed by atoms with Gasteiger partial charge in [-0.25, -0.2) is 4.79 Å². The zero-order valence-electron chi connectivity index (χ0n) is 9.73. The Bertz CT molecular complexity index is 349. The van der Waals surface area contributed by atoms with Gasteiger partial charge in [-0.15, -0.1) is 0 Å². The van der Waals surface area contributed by atoms with Crippen molar-refractivity contribution in [2.24, 2.45) is 0 Å². The summed E-state index contributed by atoms with van der Waals surface area (Å²) in [5, 5.41) is 0. The second-order valence-corrected chi connectivity index (χ2v) is 3.28. The molecule has 0 fully saturated rings. The summed E-state index contributed by atoms with van der Waals surface area (Å²) in [6, 6.07) is 7.27. The molecule has 0 N–H and O–H groups in total. The molecule has 0 heterocycles. The first-order chi connectivity index (χ1) is 7.69. The van der Waals surface area contributed by atoms with E-state index in [-0.39, 0.29) is 0 Å². The number of carbonyl (C=O) groups is 1. The van der Waals surface area contributed by atoms with E-state index in [2.05, 4.69) is 4.89 Å². The number of benzene rings is 1. The molecule has 0 saturated carbocycles. The zero-order chi connectivity index (χ0) is 12.0. The van der Waals surface area contributed by atoms with Crippen molar-refractivity contribution in [3.63, 3.8) is 0 Å². The van der Waals surface area contributed by atoms with Gasteiger partial charge in [0, 0.05) is 7.11 Å². The minimum atomic E-state index is -0.572. The van der Waals surface area contributed by atoms with E-state index in [1.54, 1.807) is 19.1 Å². The van der Waals surface area contributed by atoms with Crippen LogP contribution < -0.4 is 0 Å². The number of aryl methyl sites for hydroxylation is 1. The summed E-state index contributed by atoms with van der Waals surface area (Å²) < 4.78 is 4.79. The molecular formula is C12H16O4. The Morgan fingerprint density at radius 2 is 2.06 bits per heavy atom. The van der Waals surface area contributed by atoms with E-state index in [4.69, 9.17) is 9.62 Å². The molecule has 16 heavy (non-hydrogen) atoms. The summed E-state index contributed by atoms with van der Waals surface area (Å²) in [4.78, 5) is 21.0. The Morgan fingerprint density at radius 3 is 2.69 bits per heavy atom. The summed E-state index contributed by atoms with van der Waals surface area (Å²) in [7, 11) is 1.47. The van der Waals surface area contributed by atoms with E-state index in [0.29, 0.717) is 5.56 Å². The van der Waals surface area contributed by atoms with Crippen LogP contribution in [0.5, 0.6) is 0 Å². The Balaban J connectivity index is 2.65. The number of carbonyl (C=O) groups excluding carboxylic acids is 1. The molecule has 1 unspecified atom stereocenters. The maximum atomic E-state index is 11.6. The van der Waals surface area contributed by atoms with Crippen LogP contribution in [0.4, 0.5) is 0 Å². The first-order valence-corrected chi connectivity index (χ1v) is 5.17. The van der Waals surface area contributed by atoms with Crippen LogP contribution in [0.25, 0.3) is 0 Å². The summed E-state index contributed by atoms with van der Waals surface area (Å²) >= 11 is 0. The Hall–Kier alpha value is -1.39. The van der Waals surface area contributed by atoms with Gasteiger partial charge in [-0.3, -0.25) is 4.89 Å². The van der Waals surface area contributed by atoms with Gasteiger partial charge in [0.2, 0.25) is 0 Å². The number of hydrogen-bond donors (Lipinski definition) is 0. The molecule has 88 valence electrons. The van der Waals surface area contributed by atoms with Crippen LogP contribution in [0.1, 0.15) is 29.8 Å². The molecule has 1 aromatic rings. The highest BCUT2D eigenvalue weighted by atomic mass is 17.2. The second kappa shape index (κ2) is 6.25. The van der Waals surface area contributed by atoms with Crippen LogP contribution in [0.15, 0.2) is 24.3 Å². The first kappa shape index (κ1) is 12.7. The van der Waals surface area contributed by atoms with Gasteiger partial charge in [0.1, 0.15) is 0 Å². The van der Waals surface area contributed by atoms with Crippen LogP contribution in [0.2, 0.25) is 0 Å². The maximum absolute atomic E-state index is 11.6. The molecule has 0 amide bonds. The molecule has 0 aliphatic carbocycles. The molecule has 0 saturated heterocycles. The van der Waals surface area contributed by atoms with E-state index >= 15 is 0 Å². The van der Waals surface area contributed by atoms with Crippen LogP contribution in [0, 0.1) is 0 Å². The van der Waals surface area contributed by atoms with E-state index < -0.39 is 12.3 Å². The first-order valence-electron chi connectivity index (χ1n) is 5.17. The third-order valence-electron chi connectivity index (χ3n) is 2.21. The van der Waals surface area contributed by atoms with Gasteiger partial charge in [-0.05, 0) is 25.0 Å². The predicted octanol–water partition coefficient (Wildman–Crippen LogP) is 2.33. The van der Waals surface area contributed by atoms with Crippen molar-refractivity contribution in [3.05, 3.63) is 35.4 Å². The van der Waals surface area contributed by atoms with Crippen LogP contribution >= 0.6 is 0 Å². The van der Waals surface area contributed by atoms with Crippen molar-refractivity contribution in [1.82, 2.24) is 0 Å². The fraction of sp³-hybridized carbons (Fsp3) is 0.417. The lowest BCUT2D eigenvalue weighted by Gasteiger charge is -2.10. The maximum Gasteiger partial charge on any atom is 0.373 e. The topological polar surface area (TPSA) is 44.8 Å². The molecule has 0 spiro atoms. The van der Waals surface area contributed by atoms with Crippen LogP contribution in [0.3, 0.4) is 0 Å². The van der Waals surface area contributed by atoms with Gasteiger partial charge in [-0.1, -0.05) is 25.1 Å². The molecule has 1 atom stereocenters. The van der Waals surface area contributed by atoms with Crippen molar-refractivity contribution in [1.29, 1.82) is 0 Å². The summed E-state index contributed by atoms with van der Waals surface area (Å²) in [5.74, 6) is -0.499. The normalized spacial score (nSPS) is 12.2. The summed E-state index contributed by atoms with van der Waals surface area (Å²) in [6.45, 7) is 3.61. The molecule has 0 bridgehead atoms. The molecule has 0 radical (unpaired) electrons. The molecule has 4 nitrogen and oxygen atoms in total. The number of hydrogen-bond acceptors (Lipinski definition) is 4. The Labute approximate surface area is 95.1 Å². The highest BCUT2D eigenvalue weighted by molar-refractivity contribution is 5.90. The lowest BCUT2D eigenvalue weighted by Crippen LogP contribution is -2.15. The number of rotatable bonds is 5. The summed E-state index contributed by atoms with van der Waals surface area (Å²) in [5.41, 5.74) is 1.45. The van der Waals surface area contributed by atoms with Gasteiger partial charge in [0.15, 0.2) is 6.29 Å². The van der Waals surface area contributed by atoms with Crippen molar-refractivity contribution in [3.8, 4) is 0 Å². The smallest absolute Gasteiger partial charge is 0.352 e. The van der Waals surface area contributed by atoms with E-state index in [9.17, 15) is 4.79 Å². The summed E-state index contributed by atoms with van der Waals surface area (Å²) in [6.07, 6.45) is 0.197. The lowest BCUT2D eigenvalue weighted by molar-refractivity contribution is -0.327. The molecule has 0 aliphatic rings. The van der Waals surface area contributed by atoms with Crippen molar-refractivity contribution < 1.29 is 19.3 Å². The van der Waals surface area contributed by atoms with E-state index in [1.165, 1.54) is 7.11 Å². The molecule has 0 aliphatic heterocycles. The molecular weight excluding hydrogens is 208 g/mol. The molecule has 1 aromatic carbocycles. The largest absolute Gasteiger partial charge is 0.373 e. The van der Waals surface area contributed by atoms with Crippen molar-refractivity contribution in [2.75, 3.05) is 7.11 Å². The lowest BCUT2D eigenvalue weighted by atomic mass is 10.1. The van der Waals surface area contributed by atoms with Gasteiger partial charge < -0.3 is 4.74 Å².